The van der Waals surface area contributed by atoms with Crippen molar-refractivity contribution in [2.24, 2.45) is 0 Å². The van der Waals surface area contributed by atoms with Crippen molar-refractivity contribution >= 4 is 51.4 Å². The maximum Gasteiger partial charge on any atom is 0.325 e. The van der Waals surface area contributed by atoms with Crippen LogP contribution in [-0.2, 0) is 11.2 Å². The normalized spacial score (nSPS) is 13.5. The summed E-state index contributed by atoms with van der Waals surface area (Å²) in [5, 5.41) is 8.32. The number of aryl methyl sites for hydroxylation is 1. The average molecular weight is 500 g/mol. The van der Waals surface area contributed by atoms with Gasteiger partial charge < -0.3 is 19.9 Å². The third-order valence-electron chi connectivity index (χ3n) is 5.50. The minimum absolute atomic E-state index is 0.117. The molecule has 0 saturated carbocycles. The summed E-state index contributed by atoms with van der Waals surface area (Å²) in [6.07, 6.45) is 0.917. The number of aromatic nitrogens is 1. The molecule has 34 heavy (non-hydrogen) atoms. The molecule has 3 aromatic rings. The van der Waals surface area contributed by atoms with Crippen molar-refractivity contribution < 1.29 is 14.3 Å². The number of carbonyl (C=O) groups excluding carboxylic acids is 2. The van der Waals surface area contributed by atoms with Crippen molar-refractivity contribution in [1.82, 2.24) is 9.88 Å². The van der Waals surface area contributed by atoms with E-state index in [1.807, 2.05) is 28.5 Å². The van der Waals surface area contributed by atoms with Gasteiger partial charge in [-0.25, -0.2) is 9.78 Å². The van der Waals surface area contributed by atoms with E-state index in [0.29, 0.717) is 41.8 Å². The van der Waals surface area contributed by atoms with Crippen LogP contribution in [0.3, 0.4) is 0 Å². The molecule has 1 saturated heterocycles. The van der Waals surface area contributed by atoms with E-state index >= 15 is 0 Å². The van der Waals surface area contributed by atoms with Crippen LogP contribution < -0.4 is 20.3 Å². The Morgan fingerprint density at radius 3 is 2.65 bits per heavy atom. The molecule has 1 aromatic heterocycles. The lowest BCUT2D eigenvalue weighted by atomic mass is 10.2. The number of thiazole rings is 1. The number of rotatable bonds is 7. The molecule has 2 heterocycles. The van der Waals surface area contributed by atoms with Gasteiger partial charge in [0.25, 0.3) is 0 Å². The van der Waals surface area contributed by atoms with Crippen molar-refractivity contribution in [3.63, 3.8) is 0 Å². The monoisotopic (exact) mass is 499 g/mol. The zero-order valence-electron chi connectivity index (χ0n) is 18.8. The summed E-state index contributed by atoms with van der Waals surface area (Å²) in [6.45, 7) is 2.93. The van der Waals surface area contributed by atoms with E-state index in [0.717, 1.165) is 30.2 Å². The molecule has 178 valence electrons. The van der Waals surface area contributed by atoms with Gasteiger partial charge in [0.05, 0.1) is 12.8 Å². The molecule has 10 heteroatoms. The Morgan fingerprint density at radius 1 is 1.09 bits per heavy atom. The minimum Gasteiger partial charge on any atom is -0.497 e. The van der Waals surface area contributed by atoms with Crippen molar-refractivity contribution in [3.05, 3.63) is 64.6 Å². The maximum atomic E-state index is 12.7. The lowest BCUT2D eigenvalue weighted by Crippen LogP contribution is -2.48. The summed E-state index contributed by atoms with van der Waals surface area (Å²) in [5.41, 5.74) is 2.48. The third-order valence-corrected chi connectivity index (χ3v) is 6.54. The quantitative estimate of drug-likeness (QED) is 0.490. The molecule has 0 atom stereocenters. The molecule has 1 aliphatic rings. The average Bonchev–Trinajstić information content (AvgIpc) is 3.29. The van der Waals surface area contributed by atoms with Gasteiger partial charge in [-0.05, 0) is 36.8 Å². The van der Waals surface area contributed by atoms with E-state index in [9.17, 15) is 9.59 Å². The van der Waals surface area contributed by atoms with E-state index < -0.39 is 6.03 Å². The highest BCUT2D eigenvalue weighted by Crippen LogP contribution is 2.23. The Bertz CT molecular complexity index is 1150. The summed E-state index contributed by atoms with van der Waals surface area (Å²) < 4.78 is 5.31. The van der Waals surface area contributed by atoms with Gasteiger partial charge in [0.15, 0.2) is 5.13 Å². The number of urea groups is 1. The lowest BCUT2D eigenvalue weighted by molar-refractivity contribution is -0.131. The number of hydrogen-bond acceptors (Lipinski definition) is 6. The third kappa shape index (κ3) is 6.39. The number of carbonyl (C=O) groups is 2. The molecule has 0 bridgehead atoms. The Morgan fingerprint density at radius 2 is 1.88 bits per heavy atom. The molecule has 8 nitrogen and oxygen atoms in total. The standard InChI is InChI=1S/C24H26ClN5O3S/c1-33-21-7-3-6-20(15-21)29-10-12-30(13-11-29)22(31)9-8-19-16-34-24(27-19)28-23(32)26-18-5-2-4-17(25)14-18/h2-7,14-16H,8-13H2,1H3,(H2,26,27,28,32). The molecule has 0 spiro atoms. The first-order valence-corrected chi connectivity index (χ1v) is 12.2. The van der Waals surface area contributed by atoms with Crippen LogP contribution in [0, 0.1) is 0 Å². The Labute approximate surface area is 207 Å². The molecule has 1 aliphatic heterocycles. The second-order valence-electron chi connectivity index (χ2n) is 7.80. The Hall–Kier alpha value is -3.30. The lowest BCUT2D eigenvalue weighted by Gasteiger charge is -2.36. The van der Waals surface area contributed by atoms with Crippen LogP contribution >= 0.6 is 22.9 Å². The first-order valence-electron chi connectivity index (χ1n) is 10.9. The number of nitrogens with one attached hydrogen (secondary N) is 2. The predicted octanol–water partition coefficient (Wildman–Crippen LogP) is 4.73. The van der Waals surface area contributed by atoms with Crippen LogP contribution in [0.4, 0.5) is 21.3 Å². The molecule has 2 N–H and O–H groups in total. The van der Waals surface area contributed by atoms with E-state index in [4.69, 9.17) is 16.3 Å². The minimum atomic E-state index is -0.395. The van der Waals surface area contributed by atoms with Crippen LogP contribution in [0.25, 0.3) is 0 Å². The second-order valence-corrected chi connectivity index (χ2v) is 9.10. The summed E-state index contributed by atoms with van der Waals surface area (Å²) in [6, 6.07) is 14.5. The van der Waals surface area contributed by atoms with Crippen LogP contribution in [0.5, 0.6) is 5.75 Å². The fourth-order valence-corrected chi connectivity index (χ4v) is 4.65. The highest BCUT2D eigenvalue weighted by atomic mass is 35.5. The number of benzene rings is 2. The van der Waals surface area contributed by atoms with Gasteiger partial charge in [-0.2, -0.15) is 0 Å². The van der Waals surface area contributed by atoms with Crippen molar-refractivity contribution in [2.45, 2.75) is 12.8 Å². The smallest absolute Gasteiger partial charge is 0.325 e. The fourth-order valence-electron chi connectivity index (χ4n) is 3.72. The second kappa shape index (κ2) is 11.2. The summed E-state index contributed by atoms with van der Waals surface area (Å²) in [4.78, 5) is 33.5. The fraction of sp³-hybridized carbons (Fsp3) is 0.292. The van der Waals surface area contributed by atoms with Crippen LogP contribution in [0.1, 0.15) is 12.1 Å². The van der Waals surface area contributed by atoms with Gasteiger partial charge in [-0.1, -0.05) is 23.7 Å². The predicted molar refractivity (Wildman–Crippen MR) is 136 cm³/mol. The number of ether oxygens (including phenoxy) is 1. The van der Waals surface area contributed by atoms with E-state index in [2.05, 4.69) is 26.6 Å². The molecular weight excluding hydrogens is 474 g/mol. The number of halogens is 1. The molecule has 1 fully saturated rings. The van der Waals surface area contributed by atoms with Gasteiger partial charge >= 0.3 is 6.03 Å². The molecule has 4 rings (SSSR count). The number of anilines is 3. The number of hydrogen-bond donors (Lipinski definition) is 2. The largest absolute Gasteiger partial charge is 0.497 e. The van der Waals surface area contributed by atoms with Crippen molar-refractivity contribution in [2.75, 3.05) is 48.8 Å². The van der Waals surface area contributed by atoms with Crippen LogP contribution in [0.15, 0.2) is 53.9 Å². The molecular formula is C24H26ClN5O3S. The Kier molecular flexibility index (Phi) is 7.87. The number of methoxy groups -OCH3 is 1. The summed E-state index contributed by atoms with van der Waals surface area (Å²) in [5.74, 6) is 0.946. The van der Waals surface area contributed by atoms with Crippen LogP contribution in [0.2, 0.25) is 5.02 Å². The first-order chi connectivity index (χ1) is 16.5. The van der Waals surface area contributed by atoms with Crippen molar-refractivity contribution in [3.8, 4) is 5.75 Å². The van der Waals surface area contributed by atoms with Gasteiger partial charge in [-0.3, -0.25) is 10.1 Å². The zero-order chi connectivity index (χ0) is 23.9. The highest BCUT2D eigenvalue weighted by molar-refractivity contribution is 7.13. The molecule has 0 aliphatic carbocycles. The molecule has 2 aromatic carbocycles. The number of amides is 3. The van der Waals surface area contributed by atoms with Gasteiger partial charge in [0.1, 0.15) is 5.75 Å². The van der Waals surface area contributed by atoms with E-state index in [-0.39, 0.29) is 5.91 Å². The van der Waals surface area contributed by atoms with Gasteiger partial charge in [0, 0.05) is 60.4 Å². The number of piperazine rings is 1. The van der Waals surface area contributed by atoms with Crippen LogP contribution in [-0.4, -0.2) is 55.1 Å². The SMILES string of the molecule is COc1cccc(N2CCN(C(=O)CCc3csc(NC(=O)Nc4cccc(Cl)c4)n3)CC2)c1. The van der Waals surface area contributed by atoms with E-state index in [1.165, 1.54) is 11.3 Å². The number of nitrogens with zero attached hydrogens (tertiary/aromatic N) is 3. The Balaban J connectivity index is 1.21. The summed E-state index contributed by atoms with van der Waals surface area (Å²) in [7, 11) is 1.66. The summed E-state index contributed by atoms with van der Waals surface area (Å²) >= 11 is 7.26. The van der Waals surface area contributed by atoms with E-state index in [1.54, 1.807) is 31.4 Å². The van der Waals surface area contributed by atoms with Gasteiger partial charge in [0.2, 0.25) is 5.91 Å². The first kappa shape index (κ1) is 23.8. The zero-order valence-corrected chi connectivity index (χ0v) is 20.4. The molecule has 3 amide bonds. The molecule has 0 unspecified atom stereocenters. The highest BCUT2D eigenvalue weighted by Gasteiger charge is 2.21. The topological polar surface area (TPSA) is 86.8 Å². The van der Waals surface area contributed by atoms with Crippen molar-refractivity contribution in [1.29, 1.82) is 0 Å². The van der Waals surface area contributed by atoms with Gasteiger partial charge in [-0.15, -0.1) is 11.3 Å². The molecule has 0 radical (unpaired) electrons. The maximum absolute atomic E-state index is 12.7.